The molecule has 0 fully saturated rings. The summed E-state index contributed by atoms with van der Waals surface area (Å²) in [6.07, 6.45) is 0. The molecule has 0 radical (unpaired) electrons. The van der Waals surface area contributed by atoms with Crippen LogP contribution < -0.4 is 8.44 Å². The predicted molar refractivity (Wildman–Crippen MR) is 115 cm³/mol. The van der Waals surface area contributed by atoms with Crippen molar-refractivity contribution in [1.82, 2.24) is 0 Å². The first-order valence-electron chi connectivity index (χ1n) is 9.39. The quantitative estimate of drug-likeness (QED) is 0.337. The van der Waals surface area contributed by atoms with Crippen LogP contribution in [0.15, 0.2) is 54.6 Å². The van der Waals surface area contributed by atoms with Crippen molar-refractivity contribution in [3.05, 3.63) is 88.0 Å². The van der Waals surface area contributed by atoms with Crippen molar-refractivity contribution in [2.75, 3.05) is 0 Å². The van der Waals surface area contributed by atoms with Crippen LogP contribution in [0.2, 0.25) is 0 Å². The molecule has 0 spiro atoms. The summed E-state index contributed by atoms with van der Waals surface area (Å²) in [4.78, 5) is 0. The van der Waals surface area contributed by atoms with Gasteiger partial charge < -0.3 is 0 Å². The zero-order valence-electron chi connectivity index (χ0n) is 17.4. The van der Waals surface area contributed by atoms with E-state index < -0.39 is 23.1 Å². The first-order chi connectivity index (χ1) is 13.4. The molecule has 28 heavy (non-hydrogen) atoms. The van der Waals surface area contributed by atoms with E-state index in [2.05, 4.69) is 77.9 Å². The maximum absolute atomic E-state index is 6.46. The van der Waals surface area contributed by atoms with Crippen LogP contribution in [0, 0.1) is 41.5 Å². The molecule has 0 bridgehead atoms. The van der Waals surface area contributed by atoms with Crippen LogP contribution in [0.3, 0.4) is 0 Å². The molecule has 0 aliphatic heterocycles. The minimum atomic E-state index is -3.37. The van der Waals surface area contributed by atoms with Gasteiger partial charge in [0.2, 0.25) is 0 Å². The molecule has 0 amide bonds. The second-order valence-electron chi connectivity index (χ2n) is 7.16. The van der Waals surface area contributed by atoms with Crippen LogP contribution in [-0.2, 0) is 0 Å². The second-order valence-corrected chi connectivity index (χ2v) is 11.0. The van der Waals surface area contributed by atoms with Crippen molar-refractivity contribution in [3.8, 4) is 17.2 Å². The normalized spacial score (nSPS) is 10.8. The molecule has 3 aromatic carbocycles. The summed E-state index contributed by atoms with van der Waals surface area (Å²) in [7, 11) is 0. The fourth-order valence-electron chi connectivity index (χ4n) is 3.11. The van der Waals surface area contributed by atoms with Gasteiger partial charge in [-0.2, -0.15) is 0 Å². The van der Waals surface area contributed by atoms with Gasteiger partial charge in [0.15, 0.2) is 0 Å². The molecule has 3 nitrogen and oxygen atoms in total. The molecule has 146 valence electrons. The van der Waals surface area contributed by atoms with E-state index in [0.29, 0.717) is 0 Å². The van der Waals surface area contributed by atoms with Crippen molar-refractivity contribution in [1.29, 1.82) is 0 Å². The fraction of sp³-hybridized carbons (Fsp3) is 0.250. The first kappa shape index (κ1) is 20.7. The van der Waals surface area contributed by atoms with Crippen LogP contribution in [0.1, 0.15) is 33.4 Å². The first-order valence-corrected chi connectivity index (χ1v) is 13.7. The van der Waals surface area contributed by atoms with Crippen molar-refractivity contribution in [2.24, 2.45) is 0 Å². The Morgan fingerprint density at radius 2 is 0.643 bits per heavy atom. The molecular weight excluding hydrogens is 545 g/mol. The molecule has 0 atom stereocenters. The number of hydrogen-bond donors (Lipinski definition) is 0. The molecular formula is C24H27BiO3. The van der Waals surface area contributed by atoms with Gasteiger partial charge in [-0.25, -0.2) is 0 Å². The molecule has 0 aliphatic rings. The number of rotatable bonds is 6. The van der Waals surface area contributed by atoms with Gasteiger partial charge in [0.05, 0.1) is 0 Å². The van der Waals surface area contributed by atoms with E-state index in [9.17, 15) is 0 Å². The molecule has 3 aromatic rings. The van der Waals surface area contributed by atoms with Gasteiger partial charge in [-0.1, -0.05) is 0 Å². The van der Waals surface area contributed by atoms with E-state index in [1.165, 1.54) is 0 Å². The standard InChI is InChI=1S/3C8H10O.Bi/c3*1-6-4-3-5-7(2)8(6)9;/h3*3-5,9H,1-2H3;/q;;;+3/p-3. The fourth-order valence-corrected chi connectivity index (χ4v) is 8.64. The predicted octanol–water partition coefficient (Wildman–Crippen LogP) is 6.06. The summed E-state index contributed by atoms with van der Waals surface area (Å²) in [5.41, 5.74) is 6.56. The molecule has 0 heterocycles. The number of hydrogen-bond acceptors (Lipinski definition) is 3. The van der Waals surface area contributed by atoms with Crippen molar-refractivity contribution < 1.29 is 8.44 Å². The Balaban J connectivity index is 1.98. The number of aryl methyl sites for hydroxylation is 6. The summed E-state index contributed by atoms with van der Waals surface area (Å²) in [6.45, 7) is 12.3. The van der Waals surface area contributed by atoms with Crippen molar-refractivity contribution in [3.63, 3.8) is 0 Å². The Morgan fingerprint density at radius 3 is 0.857 bits per heavy atom. The van der Waals surface area contributed by atoms with Gasteiger partial charge >= 0.3 is 178 Å². The molecule has 0 saturated heterocycles. The third-order valence-electron chi connectivity index (χ3n) is 4.72. The van der Waals surface area contributed by atoms with E-state index >= 15 is 0 Å². The summed E-state index contributed by atoms with van der Waals surface area (Å²) in [5.74, 6) is 2.62. The van der Waals surface area contributed by atoms with Gasteiger partial charge in [0.1, 0.15) is 0 Å². The summed E-state index contributed by atoms with van der Waals surface area (Å²) < 4.78 is 19.4. The van der Waals surface area contributed by atoms with E-state index in [1.807, 2.05) is 18.2 Å². The topological polar surface area (TPSA) is 27.7 Å². The number of benzene rings is 3. The second kappa shape index (κ2) is 8.96. The molecule has 0 aliphatic carbocycles. The van der Waals surface area contributed by atoms with E-state index in [4.69, 9.17) is 8.44 Å². The Morgan fingerprint density at radius 1 is 0.429 bits per heavy atom. The maximum atomic E-state index is 6.46. The third kappa shape index (κ3) is 4.67. The minimum absolute atomic E-state index is 0.873. The zero-order chi connectivity index (χ0) is 20.3. The summed E-state index contributed by atoms with van der Waals surface area (Å²) in [6, 6.07) is 18.5. The molecule has 0 saturated carbocycles. The van der Waals surface area contributed by atoms with Gasteiger partial charge in [-0.05, 0) is 0 Å². The average Bonchev–Trinajstić information content (AvgIpc) is 2.64. The van der Waals surface area contributed by atoms with Crippen LogP contribution in [0.5, 0.6) is 17.2 Å². The van der Waals surface area contributed by atoms with E-state index in [1.54, 1.807) is 0 Å². The Bertz CT molecular complexity index is 794. The molecule has 4 heteroatoms. The van der Waals surface area contributed by atoms with Gasteiger partial charge in [0, 0.05) is 0 Å². The zero-order valence-corrected chi connectivity index (χ0v) is 20.8. The van der Waals surface area contributed by atoms with Crippen LogP contribution in [0.4, 0.5) is 0 Å². The SMILES string of the molecule is Cc1cccc(C)c1[O][Bi]([O]c1c(C)cccc1C)[O]c1c(C)cccc1C. The van der Waals surface area contributed by atoms with Gasteiger partial charge in [-0.15, -0.1) is 0 Å². The molecule has 3 rings (SSSR count). The monoisotopic (exact) mass is 572 g/mol. The van der Waals surface area contributed by atoms with Gasteiger partial charge in [-0.3, -0.25) is 0 Å². The molecule has 0 N–H and O–H groups in total. The summed E-state index contributed by atoms with van der Waals surface area (Å²) in [5, 5.41) is 0. The van der Waals surface area contributed by atoms with Crippen LogP contribution in [-0.4, -0.2) is 23.1 Å². The van der Waals surface area contributed by atoms with Crippen molar-refractivity contribution >= 4 is 23.1 Å². The van der Waals surface area contributed by atoms with Crippen LogP contribution in [0.25, 0.3) is 0 Å². The molecule has 0 unspecified atom stereocenters. The Kier molecular flexibility index (Phi) is 6.62. The molecule has 0 aromatic heterocycles. The Labute approximate surface area is 177 Å². The van der Waals surface area contributed by atoms with E-state index in [0.717, 1.165) is 50.6 Å². The summed E-state index contributed by atoms with van der Waals surface area (Å²) >= 11 is -3.37. The average molecular weight is 572 g/mol. The van der Waals surface area contributed by atoms with E-state index in [-0.39, 0.29) is 0 Å². The van der Waals surface area contributed by atoms with Gasteiger partial charge in [0.25, 0.3) is 0 Å². The third-order valence-corrected chi connectivity index (χ3v) is 8.59. The Hall–Kier alpha value is -2.06. The van der Waals surface area contributed by atoms with Crippen LogP contribution >= 0.6 is 0 Å². The van der Waals surface area contributed by atoms with Crippen molar-refractivity contribution in [2.45, 2.75) is 41.5 Å². The number of para-hydroxylation sites is 3.